The number of aliphatic hydroxyl groups is 5. The van der Waals surface area contributed by atoms with Gasteiger partial charge < -0.3 is 30.3 Å². The summed E-state index contributed by atoms with van der Waals surface area (Å²) in [5.41, 5.74) is -2.46. The summed E-state index contributed by atoms with van der Waals surface area (Å²) in [6, 6.07) is 0. The van der Waals surface area contributed by atoms with E-state index in [9.17, 15) is 25.2 Å². The van der Waals surface area contributed by atoms with Gasteiger partial charge in [0.15, 0.2) is 0 Å². The molecular formula is C7H10O7. The molecule has 1 saturated carbocycles. The molecule has 5 N–H and O–H groups in total. The van der Waals surface area contributed by atoms with Crippen LogP contribution in [0.25, 0.3) is 0 Å². The average molecular weight is 206 g/mol. The van der Waals surface area contributed by atoms with Crippen molar-refractivity contribution in [2.24, 2.45) is 0 Å². The quantitative estimate of drug-likeness (QED) is 0.296. The molecule has 0 spiro atoms. The first-order valence-corrected chi connectivity index (χ1v) is 4.04. The molecule has 0 aromatic heterocycles. The van der Waals surface area contributed by atoms with Crippen LogP contribution in [0.2, 0.25) is 0 Å². The maximum Gasteiger partial charge on any atom is 0.270 e. The number of rotatable bonds is 1. The SMILES string of the molecule is O=C1C2(O)O[C@H](CO)[C@@H](O)[C@H](O)[C@@]12O. The van der Waals surface area contributed by atoms with Crippen molar-refractivity contribution in [1.82, 2.24) is 0 Å². The zero-order valence-corrected chi connectivity index (χ0v) is 6.99. The van der Waals surface area contributed by atoms with Gasteiger partial charge in [0.2, 0.25) is 11.4 Å². The molecule has 1 aliphatic carbocycles. The predicted molar refractivity (Wildman–Crippen MR) is 38.9 cm³/mol. The summed E-state index contributed by atoms with van der Waals surface area (Å²) < 4.78 is 4.59. The van der Waals surface area contributed by atoms with Crippen LogP contribution >= 0.6 is 0 Å². The zero-order valence-electron chi connectivity index (χ0n) is 6.99. The molecule has 2 rings (SSSR count). The van der Waals surface area contributed by atoms with E-state index in [4.69, 9.17) is 5.11 Å². The topological polar surface area (TPSA) is 127 Å². The van der Waals surface area contributed by atoms with E-state index in [1.54, 1.807) is 0 Å². The molecule has 7 heteroatoms. The van der Waals surface area contributed by atoms with Crippen molar-refractivity contribution in [3.63, 3.8) is 0 Å². The Hall–Kier alpha value is -0.570. The number of hydrogen-bond donors (Lipinski definition) is 5. The number of fused-ring (bicyclic) bond motifs is 1. The molecule has 0 aromatic carbocycles. The molecule has 0 amide bonds. The average Bonchev–Trinajstić information content (AvgIpc) is 2.60. The Morgan fingerprint density at radius 2 is 1.93 bits per heavy atom. The summed E-state index contributed by atoms with van der Waals surface area (Å²) in [7, 11) is 0. The molecule has 5 atom stereocenters. The van der Waals surface area contributed by atoms with Gasteiger partial charge in [-0.3, -0.25) is 4.79 Å². The van der Waals surface area contributed by atoms with E-state index in [0.29, 0.717) is 0 Å². The van der Waals surface area contributed by atoms with Crippen LogP contribution in [0.5, 0.6) is 0 Å². The second-order valence-electron chi connectivity index (χ2n) is 3.51. The standard InChI is InChI=1S/C7H10O7/c8-1-2-3(9)4(10)6(12)5(11)7(6,13)14-2/h2-4,8-10,12-13H,1H2/t2-,3-,4+,6-,7?/m1/s1. The van der Waals surface area contributed by atoms with Gasteiger partial charge in [0.05, 0.1) is 6.61 Å². The van der Waals surface area contributed by atoms with E-state index >= 15 is 0 Å². The molecule has 1 aliphatic heterocycles. The third kappa shape index (κ3) is 0.800. The first-order valence-electron chi connectivity index (χ1n) is 4.04. The third-order valence-electron chi connectivity index (χ3n) is 2.74. The molecule has 1 saturated heterocycles. The van der Waals surface area contributed by atoms with Crippen LogP contribution < -0.4 is 0 Å². The Balaban J connectivity index is 2.32. The number of ketones is 1. The van der Waals surface area contributed by atoms with Crippen LogP contribution in [0.3, 0.4) is 0 Å². The second kappa shape index (κ2) is 2.51. The highest BCUT2D eigenvalue weighted by Gasteiger charge is 2.86. The Bertz CT molecular complexity index is 292. The van der Waals surface area contributed by atoms with E-state index in [1.165, 1.54) is 0 Å². The van der Waals surface area contributed by atoms with E-state index in [1.807, 2.05) is 0 Å². The van der Waals surface area contributed by atoms with Gasteiger partial charge in [-0.25, -0.2) is 0 Å². The number of ether oxygens (including phenoxy) is 1. The first kappa shape index (κ1) is 9.97. The molecule has 2 aliphatic rings. The Morgan fingerprint density at radius 3 is 2.43 bits per heavy atom. The van der Waals surface area contributed by atoms with E-state index in [0.717, 1.165) is 0 Å². The van der Waals surface area contributed by atoms with Crippen molar-refractivity contribution in [2.45, 2.75) is 29.7 Å². The molecule has 0 bridgehead atoms. The number of Topliss-reactive ketones (excluding diaryl/α,β-unsaturated/α-hetero) is 1. The van der Waals surface area contributed by atoms with Crippen molar-refractivity contribution in [3.05, 3.63) is 0 Å². The van der Waals surface area contributed by atoms with E-state index in [-0.39, 0.29) is 0 Å². The van der Waals surface area contributed by atoms with Crippen LogP contribution in [0.15, 0.2) is 0 Å². The Morgan fingerprint density at radius 1 is 1.36 bits per heavy atom. The summed E-state index contributed by atoms with van der Waals surface area (Å²) >= 11 is 0. The zero-order chi connectivity index (χ0) is 10.7. The van der Waals surface area contributed by atoms with Crippen molar-refractivity contribution in [2.75, 3.05) is 6.61 Å². The summed E-state index contributed by atoms with van der Waals surface area (Å²) in [4.78, 5) is 11.0. The molecule has 2 fully saturated rings. The van der Waals surface area contributed by atoms with Gasteiger partial charge in [0.1, 0.15) is 18.3 Å². The maximum absolute atomic E-state index is 11.0. The van der Waals surface area contributed by atoms with E-state index in [2.05, 4.69) is 4.74 Å². The lowest BCUT2D eigenvalue weighted by Gasteiger charge is -2.34. The first-order chi connectivity index (χ1) is 6.39. The molecule has 7 nitrogen and oxygen atoms in total. The van der Waals surface area contributed by atoms with Crippen LogP contribution in [0.1, 0.15) is 0 Å². The van der Waals surface area contributed by atoms with Crippen LogP contribution in [0.4, 0.5) is 0 Å². The summed E-state index contributed by atoms with van der Waals surface area (Å²) in [6.07, 6.45) is -4.76. The molecule has 14 heavy (non-hydrogen) atoms. The van der Waals surface area contributed by atoms with Crippen molar-refractivity contribution < 1.29 is 35.1 Å². The predicted octanol–water partition coefficient (Wildman–Crippen LogP) is -3.90. The van der Waals surface area contributed by atoms with Crippen molar-refractivity contribution >= 4 is 5.78 Å². The fraction of sp³-hybridized carbons (Fsp3) is 0.857. The monoisotopic (exact) mass is 206 g/mol. The molecule has 1 heterocycles. The normalized spacial score (nSPS) is 56.9. The summed E-state index contributed by atoms with van der Waals surface area (Å²) in [5, 5.41) is 46.1. The lowest BCUT2D eigenvalue weighted by atomic mass is 9.98. The van der Waals surface area contributed by atoms with Gasteiger partial charge in [0.25, 0.3) is 5.79 Å². The molecule has 80 valence electrons. The molecule has 0 radical (unpaired) electrons. The van der Waals surface area contributed by atoms with Gasteiger partial charge in [-0.15, -0.1) is 0 Å². The number of aliphatic hydroxyl groups excluding tert-OH is 3. The molecule has 0 aromatic rings. The fourth-order valence-electron chi connectivity index (χ4n) is 1.71. The smallest absolute Gasteiger partial charge is 0.270 e. The third-order valence-corrected chi connectivity index (χ3v) is 2.74. The highest BCUT2D eigenvalue weighted by molar-refractivity contribution is 6.13. The Labute approximate surface area is 78.2 Å². The summed E-state index contributed by atoms with van der Waals surface area (Å²) in [6.45, 7) is -0.677. The van der Waals surface area contributed by atoms with Gasteiger partial charge in [-0.1, -0.05) is 0 Å². The lowest BCUT2D eigenvalue weighted by molar-refractivity contribution is -0.288. The summed E-state index contributed by atoms with van der Waals surface area (Å²) in [5.74, 6) is -3.59. The van der Waals surface area contributed by atoms with Gasteiger partial charge in [0, 0.05) is 0 Å². The van der Waals surface area contributed by atoms with Gasteiger partial charge in [-0.2, -0.15) is 0 Å². The molecule has 1 unspecified atom stereocenters. The van der Waals surface area contributed by atoms with Crippen molar-refractivity contribution in [1.29, 1.82) is 0 Å². The van der Waals surface area contributed by atoms with Crippen LogP contribution in [0, 0.1) is 0 Å². The maximum atomic E-state index is 11.0. The highest BCUT2D eigenvalue weighted by Crippen LogP contribution is 2.51. The Kier molecular flexibility index (Phi) is 1.79. The van der Waals surface area contributed by atoms with Crippen molar-refractivity contribution in [3.8, 4) is 0 Å². The largest absolute Gasteiger partial charge is 0.394 e. The number of carbonyl (C=O) groups is 1. The fourth-order valence-corrected chi connectivity index (χ4v) is 1.71. The second-order valence-corrected chi connectivity index (χ2v) is 3.51. The molecular weight excluding hydrogens is 196 g/mol. The minimum absolute atomic E-state index is 0.677. The van der Waals surface area contributed by atoms with Crippen LogP contribution in [-0.2, 0) is 9.53 Å². The highest BCUT2D eigenvalue weighted by atomic mass is 16.7. The number of carbonyl (C=O) groups excluding carboxylic acids is 1. The van der Waals surface area contributed by atoms with Crippen LogP contribution in [-0.4, -0.2) is 67.6 Å². The van der Waals surface area contributed by atoms with Gasteiger partial charge in [-0.05, 0) is 0 Å². The number of hydrogen-bond acceptors (Lipinski definition) is 7. The van der Waals surface area contributed by atoms with E-state index < -0.39 is 42.1 Å². The minimum Gasteiger partial charge on any atom is -0.394 e. The lowest BCUT2D eigenvalue weighted by Crippen LogP contribution is -2.58. The minimum atomic E-state index is -2.49. The van der Waals surface area contributed by atoms with Gasteiger partial charge >= 0.3 is 0 Å².